The number of aliphatic hydroxyl groups excluding tert-OH is 1. The fourth-order valence-electron chi connectivity index (χ4n) is 2.81. The summed E-state index contributed by atoms with van der Waals surface area (Å²) < 4.78 is 0. The molecule has 0 unspecified atom stereocenters. The molecular weight excluding hydrogens is 254 g/mol. The van der Waals surface area contributed by atoms with Gasteiger partial charge in [0.05, 0.1) is 12.0 Å². The molecule has 2 aromatic rings. The Balaban J connectivity index is 2.16. The molecule has 1 aliphatic rings. The second kappa shape index (κ2) is 4.09. The third-order valence-electron chi connectivity index (χ3n) is 4.52. The summed E-state index contributed by atoms with van der Waals surface area (Å²) in [5.41, 5.74) is 1.83. The van der Waals surface area contributed by atoms with Crippen molar-refractivity contribution in [2.24, 2.45) is 0 Å². The molecule has 0 bridgehead atoms. The second-order valence-electron chi connectivity index (χ2n) is 6.39. The summed E-state index contributed by atoms with van der Waals surface area (Å²) in [6, 6.07) is 5.81. The lowest BCUT2D eigenvalue weighted by Crippen LogP contribution is -2.22. The summed E-state index contributed by atoms with van der Waals surface area (Å²) in [4.78, 5) is 14.6. The topological polar surface area (TPSA) is 73.3 Å². The van der Waals surface area contributed by atoms with Crippen LogP contribution in [0, 0.1) is 0 Å². The Labute approximate surface area is 117 Å². The number of aromatic nitrogens is 1. The van der Waals surface area contributed by atoms with Gasteiger partial charge in [-0.05, 0) is 36.1 Å². The summed E-state index contributed by atoms with van der Waals surface area (Å²) in [5, 5.41) is 20.0. The van der Waals surface area contributed by atoms with Crippen LogP contribution in [0.1, 0.15) is 37.8 Å². The Hall–Kier alpha value is -1.81. The van der Waals surface area contributed by atoms with Crippen molar-refractivity contribution in [2.75, 3.05) is 6.61 Å². The zero-order valence-corrected chi connectivity index (χ0v) is 11.7. The van der Waals surface area contributed by atoms with Gasteiger partial charge in [-0.15, -0.1) is 0 Å². The first kappa shape index (κ1) is 13.2. The van der Waals surface area contributed by atoms with Crippen molar-refractivity contribution in [1.82, 2.24) is 4.98 Å². The highest BCUT2D eigenvalue weighted by Crippen LogP contribution is 2.49. The van der Waals surface area contributed by atoms with Gasteiger partial charge in [0.1, 0.15) is 0 Å². The minimum absolute atomic E-state index is 0.0499. The number of carbonyl (C=O) groups is 1. The molecule has 1 aliphatic carbocycles. The number of hydrogen-bond acceptors (Lipinski definition) is 2. The van der Waals surface area contributed by atoms with E-state index in [2.05, 4.69) is 4.98 Å². The van der Waals surface area contributed by atoms with Crippen LogP contribution in [0.4, 0.5) is 0 Å². The zero-order chi connectivity index (χ0) is 14.5. The van der Waals surface area contributed by atoms with Gasteiger partial charge in [-0.25, -0.2) is 0 Å². The molecule has 3 rings (SSSR count). The number of rotatable bonds is 4. The van der Waals surface area contributed by atoms with Crippen molar-refractivity contribution < 1.29 is 15.0 Å². The number of aliphatic carboxylic acids is 1. The lowest BCUT2D eigenvalue weighted by Gasteiger charge is -2.21. The standard InChI is InChI=1S/C16H19NO3/c1-15(2,9-18)12-8-17-13-4-3-10(7-11(12)13)16(5-6-16)14(19)20/h3-4,7-8,17-18H,5-6,9H2,1-2H3,(H,19,20). The van der Waals surface area contributed by atoms with Crippen molar-refractivity contribution >= 4 is 16.9 Å². The van der Waals surface area contributed by atoms with Gasteiger partial charge in [0.15, 0.2) is 0 Å². The normalized spacial score (nSPS) is 17.4. The molecule has 4 nitrogen and oxygen atoms in total. The smallest absolute Gasteiger partial charge is 0.314 e. The van der Waals surface area contributed by atoms with Crippen molar-refractivity contribution in [3.8, 4) is 0 Å². The molecule has 1 fully saturated rings. The molecule has 4 heteroatoms. The van der Waals surface area contributed by atoms with E-state index in [9.17, 15) is 15.0 Å². The molecule has 0 spiro atoms. The van der Waals surface area contributed by atoms with Gasteiger partial charge in [0.2, 0.25) is 0 Å². The molecule has 1 saturated carbocycles. The predicted octanol–water partition coefficient (Wildman–Crippen LogP) is 2.55. The van der Waals surface area contributed by atoms with Crippen LogP contribution >= 0.6 is 0 Å². The number of benzene rings is 1. The molecule has 0 radical (unpaired) electrons. The summed E-state index contributed by atoms with van der Waals surface area (Å²) in [7, 11) is 0. The molecule has 3 N–H and O–H groups in total. The third-order valence-corrected chi connectivity index (χ3v) is 4.52. The number of nitrogens with one attached hydrogen (secondary N) is 1. The van der Waals surface area contributed by atoms with Crippen LogP contribution in [0.25, 0.3) is 10.9 Å². The van der Waals surface area contributed by atoms with Crippen molar-refractivity contribution in [3.63, 3.8) is 0 Å². The minimum atomic E-state index is -0.740. The molecule has 1 aromatic carbocycles. The second-order valence-corrected chi connectivity index (χ2v) is 6.39. The largest absolute Gasteiger partial charge is 0.481 e. The molecule has 20 heavy (non-hydrogen) atoms. The summed E-state index contributed by atoms with van der Waals surface area (Å²) >= 11 is 0. The molecule has 106 valence electrons. The fourth-order valence-corrected chi connectivity index (χ4v) is 2.81. The van der Waals surface area contributed by atoms with Gasteiger partial charge in [-0.3, -0.25) is 4.79 Å². The fraction of sp³-hybridized carbons (Fsp3) is 0.438. The van der Waals surface area contributed by atoms with Gasteiger partial charge in [-0.1, -0.05) is 19.9 Å². The van der Waals surface area contributed by atoms with Crippen molar-refractivity contribution in [3.05, 3.63) is 35.5 Å². The molecular formula is C16H19NO3. The van der Waals surface area contributed by atoms with Gasteiger partial charge >= 0.3 is 5.97 Å². The number of hydrogen-bond donors (Lipinski definition) is 3. The first-order valence-electron chi connectivity index (χ1n) is 6.87. The van der Waals surface area contributed by atoms with E-state index in [-0.39, 0.29) is 12.0 Å². The summed E-state index contributed by atoms with van der Waals surface area (Å²) in [6.45, 7) is 4.01. The Kier molecular flexibility index (Phi) is 2.70. The Morgan fingerprint density at radius 1 is 1.40 bits per heavy atom. The summed E-state index contributed by atoms with van der Waals surface area (Å²) in [5.74, 6) is -0.740. The summed E-state index contributed by atoms with van der Waals surface area (Å²) in [6.07, 6.45) is 3.32. The Bertz CT molecular complexity index is 680. The van der Waals surface area contributed by atoms with Gasteiger partial charge in [0.25, 0.3) is 0 Å². The van der Waals surface area contributed by atoms with E-state index in [4.69, 9.17) is 0 Å². The van der Waals surface area contributed by atoms with E-state index < -0.39 is 11.4 Å². The lowest BCUT2D eigenvalue weighted by molar-refractivity contribution is -0.140. The number of aromatic amines is 1. The maximum atomic E-state index is 11.4. The maximum absolute atomic E-state index is 11.4. The number of H-pyrrole nitrogens is 1. The molecule has 0 atom stereocenters. The predicted molar refractivity (Wildman–Crippen MR) is 77.0 cm³/mol. The van der Waals surface area contributed by atoms with Crippen molar-refractivity contribution in [1.29, 1.82) is 0 Å². The van der Waals surface area contributed by atoms with Crippen LogP contribution in [0.15, 0.2) is 24.4 Å². The van der Waals surface area contributed by atoms with Crippen LogP contribution in [-0.2, 0) is 15.6 Å². The van der Waals surface area contributed by atoms with E-state index in [0.29, 0.717) is 12.8 Å². The first-order chi connectivity index (χ1) is 9.40. The highest BCUT2D eigenvalue weighted by Gasteiger charge is 2.51. The zero-order valence-electron chi connectivity index (χ0n) is 11.7. The number of fused-ring (bicyclic) bond motifs is 1. The molecule has 1 heterocycles. The molecule has 0 amide bonds. The minimum Gasteiger partial charge on any atom is -0.481 e. The van der Waals surface area contributed by atoms with E-state index in [1.165, 1.54) is 0 Å². The Morgan fingerprint density at radius 3 is 2.65 bits per heavy atom. The first-order valence-corrected chi connectivity index (χ1v) is 6.87. The van der Waals surface area contributed by atoms with Gasteiger partial charge in [0, 0.05) is 22.5 Å². The molecule has 1 aromatic heterocycles. The monoisotopic (exact) mass is 273 g/mol. The van der Waals surface area contributed by atoms with Gasteiger partial charge in [-0.2, -0.15) is 0 Å². The molecule has 0 saturated heterocycles. The van der Waals surface area contributed by atoms with Crippen LogP contribution in [0.3, 0.4) is 0 Å². The van der Waals surface area contributed by atoms with Gasteiger partial charge < -0.3 is 15.2 Å². The van der Waals surface area contributed by atoms with Crippen LogP contribution in [0.5, 0.6) is 0 Å². The quantitative estimate of drug-likeness (QED) is 0.801. The maximum Gasteiger partial charge on any atom is 0.314 e. The van der Waals surface area contributed by atoms with E-state index >= 15 is 0 Å². The SMILES string of the molecule is CC(C)(CO)c1c[nH]c2ccc(C3(C(=O)O)CC3)cc12. The lowest BCUT2D eigenvalue weighted by atomic mass is 9.84. The van der Waals surface area contributed by atoms with Crippen LogP contribution in [-0.4, -0.2) is 27.8 Å². The van der Waals surface area contributed by atoms with Crippen molar-refractivity contribution in [2.45, 2.75) is 37.5 Å². The number of carboxylic acids is 1. The average Bonchev–Trinajstić information content (AvgIpc) is 3.12. The van der Waals surface area contributed by atoms with Crippen LogP contribution < -0.4 is 0 Å². The number of carboxylic acid groups (broad SMARTS) is 1. The third kappa shape index (κ3) is 1.75. The van der Waals surface area contributed by atoms with E-state index in [1.807, 2.05) is 38.2 Å². The highest BCUT2D eigenvalue weighted by atomic mass is 16.4. The Morgan fingerprint density at radius 2 is 2.10 bits per heavy atom. The van der Waals surface area contributed by atoms with E-state index in [1.54, 1.807) is 0 Å². The van der Waals surface area contributed by atoms with E-state index in [0.717, 1.165) is 22.0 Å². The average molecular weight is 273 g/mol. The highest BCUT2D eigenvalue weighted by molar-refractivity contribution is 5.90. The molecule has 0 aliphatic heterocycles. The van der Waals surface area contributed by atoms with Crippen LogP contribution in [0.2, 0.25) is 0 Å². The number of aliphatic hydroxyl groups is 1.